The van der Waals surface area contributed by atoms with Gasteiger partial charge < -0.3 is 19.9 Å². The fourth-order valence-corrected chi connectivity index (χ4v) is 3.94. The molecule has 1 aliphatic rings. The second-order valence-corrected chi connectivity index (χ2v) is 8.26. The lowest BCUT2D eigenvalue weighted by Gasteiger charge is -2.36. The molecule has 0 aliphatic carbocycles. The Kier molecular flexibility index (Phi) is 9.34. The number of piperidine rings is 1. The van der Waals surface area contributed by atoms with Crippen LogP contribution in [-0.2, 0) is 9.59 Å². The minimum atomic E-state index is -0.603. The van der Waals surface area contributed by atoms with Crippen LogP contribution in [0.15, 0.2) is 24.3 Å². The molecule has 2 rings (SSSR count). The smallest absolute Gasteiger partial charge is 0.251 e. The van der Waals surface area contributed by atoms with Crippen molar-refractivity contribution in [2.24, 2.45) is 11.8 Å². The molecule has 1 atom stereocenters. The number of carbonyl (C=O) groups excluding carboxylic acids is 3. The average molecular weight is 432 g/mol. The first-order valence-electron chi connectivity index (χ1n) is 11.4. The van der Waals surface area contributed by atoms with E-state index in [2.05, 4.69) is 5.32 Å². The van der Waals surface area contributed by atoms with Gasteiger partial charge >= 0.3 is 0 Å². The summed E-state index contributed by atoms with van der Waals surface area (Å²) < 4.78 is 5.41. The molecule has 1 aromatic carbocycles. The number of benzene rings is 1. The summed E-state index contributed by atoms with van der Waals surface area (Å²) in [4.78, 5) is 42.1. The van der Waals surface area contributed by atoms with Gasteiger partial charge in [-0.2, -0.15) is 0 Å². The molecule has 7 nitrogen and oxygen atoms in total. The number of carbonyl (C=O) groups is 3. The van der Waals surface area contributed by atoms with Crippen LogP contribution < -0.4 is 10.1 Å². The predicted molar refractivity (Wildman–Crippen MR) is 121 cm³/mol. The number of likely N-dealkylation sites (tertiary alicyclic amines) is 1. The number of rotatable bonds is 9. The van der Waals surface area contributed by atoms with Gasteiger partial charge in [0, 0.05) is 37.7 Å². The Balaban J connectivity index is 1.98. The Morgan fingerprint density at radius 3 is 2.13 bits per heavy atom. The van der Waals surface area contributed by atoms with Crippen LogP contribution in [0.5, 0.6) is 5.75 Å². The zero-order chi connectivity index (χ0) is 23.0. The summed E-state index contributed by atoms with van der Waals surface area (Å²) in [5.41, 5.74) is 0.491. The number of nitrogens with one attached hydrogen (secondary N) is 1. The molecule has 1 heterocycles. The van der Waals surface area contributed by atoms with Gasteiger partial charge in [0.15, 0.2) is 0 Å². The number of hydrogen-bond donors (Lipinski definition) is 1. The van der Waals surface area contributed by atoms with E-state index in [4.69, 9.17) is 4.74 Å². The lowest BCUT2D eigenvalue weighted by atomic mass is 9.93. The van der Waals surface area contributed by atoms with Crippen molar-refractivity contribution in [1.82, 2.24) is 15.1 Å². The van der Waals surface area contributed by atoms with Gasteiger partial charge in [-0.05, 0) is 63.8 Å². The molecule has 3 amide bonds. The summed E-state index contributed by atoms with van der Waals surface area (Å²) in [6.45, 7) is 12.8. The first-order valence-corrected chi connectivity index (χ1v) is 11.4. The van der Waals surface area contributed by atoms with Crippen molar-refractivity contribution < 1.29 is 19.1 Å². The van der Waals surface area contributed by atoms with Crippen molar-refractivity contribution in [3.8, 4) is 5.75 Å². The lowest BCUT2D eigenvalue weighted by Crippen LogP contribution is -2.53. The van der Waals surface area contributed by atoms with E-state index >= 15 is 0 Å². The number of hydrogen-bond acceptors (Lipinski definition) is 4. The first-order chi connectivity index (χ1) is 14.8. The molecule has 0 aromatic heterocycles. The van der Waals surface area contributed by atoms with Gasteiger partial charge in [-0.1, -0.05) is 13.8 Å². The minimum Gasteiger partial charge on any atom is -0.494 e. The molecule has 0 spiro atoms. The van der Waals surface area contributed by atoms with Gasteiger partial charge in [0.25, 0.3) is 5.91 Å². The summed E-state index contributed by atoms with van der Waals surface area (Å²) >= 11 is 0. The van der Waals surface area contributed by atoms with Crippen molar-refractivity contribution in [1.29, 1.82) is 0 Å². The molecule has 0 radical (unpaired) electrons. The highest BCUT2D eigenvalue weighted by Gasteiger charge is 2.34. The van der Waals surface area contributed by atoms with Gasteiger partial charge in [-0.15, -0.1) is 0 Å². The maximum Gasteiger partial charge on any atom is 0.251 e. The Morgan fingerprint density at radius 1 is 1.06 bits per heavy atom. The highest BCUT2D eigenvalue weighted by atomic mass is 16.5. The minimum absolute atomic E-state index is 0.0279. The number of ether oxygens (including phenoxy) is 1. The van der Waals surface area contributed by atoms with Gasteiger partial charge in [-0.3, -0.25) is 14.4 Å². The van der Waals surface area contributed by atoms with Gasteiger partial charge in [0.2, 0.25) is 11.8 Å². The normalized spacial score (nSPS) is 15.5. The molecular weight excluding hydrogens is 394 g/mol. The number of amides is 3. The molecule has 1 unspecified atom stereocenters. The van der Waals surface area contributed by atoms with E-state index < -0.39 is 6.04 Å². The molecule has 0 bridgehead atoms. The maximum atomic E-state index is 13.2. The van der Waals surface area contributed by atoms with Crippen molar-refractivity contribution in [3.63, 3.8) is 0 Å². The van der Waals surface area contributed by atoms with Crippen LogP contribution in [0.2, 0.25) is 0 Å². The zero-order valence-electron chi connectivity index (χ0n) is 19.5. The Morgan fingerprint density at radius 2 is 1.65 bits per heavy atom. The molecule has 0 saturated carbocycles. The summed E-state index contributed by atoms with van der Waals surface area (Å²) in [6.07, 6.45) is 1.33. The molecule has 31 heavy (non-hydrogen) atoms. The molecule has 1 aromatic rings. The maximum absolute atomic E-state index is 13.2. The first kappa shape index (κ1) is 24.7. The summed E-state index contributed by atoms with van der Waals surface area (Å²) in [5, 5.41) is 2.91. The van der Waals surface area contributed by atoms with E-state index in [0.29, 0.717) is 56.9 Å². The van der Waals surface area contributed by atoms with E-state index in [-0.39, 0.29) is 29.6 Å². The van der Waals surface area contributed by atoms with Crippen LogP contribution in [0, 0.1) is 11.8 Å². The molecule has 1 aliphatic heterocycles. The van der Waals surface area contributed by atoms with Crippen LogP contribution in [0.4, 0.5) is 0 Å². The molecular formula is C24H37N3O4. The Bertz CT molecular complexity index is 736. The van der Waals surface area contributed by atoms with E-state index in [0.717, 1.165) is 0 Å². The van der Waals surface area contributed by atoms with E-state index in [1.807, 2.05) is 39.5 Å². The lowest BCUT2D eigenvalue weighted by molar-refractivity contribution is -0.141. The zero-order valence-corrected chi connectivity index (χ0v) is 19.5. The largest absolute Gasteiger partial charge is 0.494 e. The fraction of sp³-hybridized carbons (Fsp3) is 0.625. The van der Waals surface area contributed by atoms with Crippen LogP contribution in [0.1, 0.15) is 57.8 Å². The topological polar surface area (TPSA) is 79.0 Å². The van der Waals surface area contributed by atoms with E-state index in [1.165, 1.54) is 0 Å². The predicted octanol–water partition coefficient (Wildman–Crippen LogP) is 2.95. The SMILES string of the molecule is CCOc1ccc(C(=O)NC(C(=O)N2CCC(C(=O)N(CC)CC)CC2)C(C)C)cc1. The van der Waals surface area contributed by atoms with Gasteiger partial charge in [0.05, 0.1) is 6.61 Å². The van der Waals surface area contributed by atoms with Crippen LogP contribution in [-0.4, -0.2) is 66.3 Å². The molecule has 1 N–H and O–H groups in total. The summed E-state index contributed by atoms with van der Waals surface area (Å²) in [7, 11) is 0. The molecule has 1 saturated heterocycles. The van der Waals surface area contributed by atoms with E-state index in [1.54, 1.807) is 29.2 Å². The third-order valence-corrected chi connectivity index (χ3v) is 5.88. The standard InChI is InChI=1S/C24H37N3O4/c1-6-26(7-2)23(29)19-13-15-27(16-14-19)24(30)21(17(4)5)25-22(28)18-9-11-20(12-10-18)31-8-3/h9-12,17,19,21H,6-8,13-16H2,1-5H3,(H,25,28). The van der Waals surface area contributed by atoms with Crippen LogP contribution in [0.3, 0.4) is 0 Å². The van der Waals surface area contributed by atoms with Crippen molar-refractivity contribution >= 4 is 17.7 Å². The number of nitrogens with zero attached hydrogens (tertiary/aromatic N) is 2. The monoisotopic (exact) mass is 431 g/mol. The Hall–Kier alpha value is -2.57. The molecule has 172 valence electrons. The second kappa shape index (κ2) is 11.7. The highest BCUT2D eigenvalue weighted by Crippen LogP contribution is 2.21. The average Bonchev–Trinajstić information content (AvgIpc) is 2.78. The summed E-state index contributed by atoms with van der Waals surface area (Å²) in [6, 6.07) is 6.30. The summed E-state index contributed by atoms with van der Waals surface area (Å²) in [5.74, 6) is 0.456. The fourth-order valence-electron chi connectivity index (χ4n) is 3.94. The van der Waals surface area contributed by atoms with Gasteiger partial charge in [0.1, 0.15) is 11.8 Å². The van der Waals surface area contributed by atoms with Crippen molar-refractivity contribution in [3.05, 3.63) is 29.8 Å². The van der Waals surface area contributed by atoms with E-state index in [9.17, 15) is 14.4 Å². The molecule has 7 heteroatoms. The van der Waals surface area contributed by atoms with Crippen molar-refractivity contribution in [2.75, 3.05) is 32.8 Å². The van der Waals surface area contributed by atoms with Crippen LogP contribution in [0.25, 0.3) is 0 Å². The van der Waals surface area contributed by atoms with Gasteiger partial charge in [-0.25, -0.2) is 0 Å². The Labute approximate surface area is 186 Å². The molecule has 1 fully saturated rings. The third kappa shape index (κ3) is 6.45. The third-order valence-electron chi connectivity index (χ3n) is 5.88. The highest BCUT2D eigenvalue weighted by molar-refractivity contribution is 5.97. The second-order valence-electron chi connectivity index (χ2n) is 8.26. The quantitative estimate of drug-likeness (QED) is 0.652. The van der Waals surface area contributed by atoms with Crippen LogP contribution >= 0.6 is 0 Å². The van der Waals surface area contributed by atoms with Crippen molar-refractivity contribution in [2.45, 2.75) is 53.5 Å².